The van der Waals surface area contributed by atoms with Crippen molar-refractivity contribution in [1.29, 1.82) is 0 Å². The largest absolute Gasteiger partial charge is 0.267 e. The Labute approximate surface area is 161 Å². The molecule has 0 radical (unpaired) electrons. The van der Waals surface area contributed by atoms with E-state index in [1.165, 1.54) is 16.9 Å². The zero-order valence-corrected chi connectivity index (χ0v) is 16.3. The fourth-order valence-electron chi connectivity index (χ4n) is 2.40. The number of benzene rings is 1. The van der Waals surface area contributed by atoms with Gasteiger partial charge in [-0.3, -0.25) is 4.72 Å². The predicted molar refractivity (Wildman–Crippen MR) is 101 cm³/mol. The summed E-state index contributed by atoms with van der Waals surface area (Å²) in [7, 11) is -3.79. The van der Waals surface area contributed by atoms with Gasteiger partial charge in [-0.1, -0.05) is 29.3 Å². The number of hydrogen-bond donors (Lipinski definition) is 1. The molecule has 0 atom stereocenters. The molecule has 0 aliphatic rings. The van der Waals surface area contributed by atoms with Crippen molar-refractivity contribution in [3.05, 3.63) is 63.5 Å². The molecule has 0 fully saturated rings. The molecule has 0 saturated heterocycles. The highest BCUT2D eigenvalue weighted by Crippen LogP contribution is 2.27. The van der Waals surface area contributed by atoms with Crippen molar-refractivity contribution in [2.24, 2.45) is 0 Å². The minimum Gasteiger partial charge on any atom is -0.267 e. The van der Waals surface area contributed by atoms with Crippen LogP contribution in [0.4, 0.5) is 5.82 Å². The molecule has 7 nitrogen and oxygen atoms in total. The van der Waals surface area contributed by atoms with Gasteiger partial charge in [0.05, 0.1) is 11.9 Å². The number of sulfonamides is 1. The van der Waals surface area contributed by atoms with E-state index in [9.17, 15) is 8.42 Å². The average molecular weight is 412 g/mol. The van der Waals surface area contributed by atoms with E-state index < -0.39 is 10.0 Å². The van der Waals surface area contributed by atoms with E-state index in [0.717, 1.165) is 11.4 Å². The molecule has 0 aliphatic carbocycles. The molecule has 0 unspecified atom stereocenters. The van der Waals surface area contributed by atoms with E-state index in [1.807, 2.05) is 19.9 Å². The highest BCUT2D eigenvalue weighted by molar-refractivity contribution is 7.91. The fraction of sp³-hybridized carbons (Fsp3) is 0.188. The lowest BCUT2D eigenvalue weighted by Gasteiger charge is -2.12. The van der Waals surface area contributed by atoms with Gasteiger partial charge in [-0.15, -0.1) is 0 Å². The Morgan fingerprint density at radius 2 is 1.69 bits per heavy atom. The van der Waals surface area contributed by atoms with Gasteiger partial charge < -0.3 is 0 Å². The first-order valence-electron chi connectivity index (χ1n) is 7.55. The van der Waals surface area contributed by atoms with Crippen LogP contribution in [0, 0.1) is 13.8 Å². The van der Waals surface area contributed by atoms with Gasteiger partial charge >= 0.3 is 0 Å². The van der Waals surface area contributed by atoms with Gasteiger partial charge in [0.15, 0.2) is 0 Å². The van der Waals surface area contributed by atoms with Crippen LogP contribution in [0.15, 0.2) is 36.5 Å². The van der Waals surface area contributed by atoms with Crippen LogP contribution in [0.2, 0.25) is 10.0 Å². The first-order chi connectivity index (χ1) is 12.2. The lowest BCUT2D eigenvalue weighted by atomic mass is 10.2. The standard InChI is InChI=1S/C16H15Cl2N5O2S/c1-10-8-11(2)21-16(20-10)23-15(6-7-19-23)22-26(24,25)9-12-13(17)4-3-5-14(12)18/h3-8,22H,9H2,1-2H3. The van der Waals surface area contributed by atoms with Gasteiger partial charge in [0.2, 0.25) is 10.0 Å². The Morgan fingerprint density at radius 3 is 2.31 bits per heavy atom. The van der Waals surface area contributed by atoms with E-state index in [0.29, 0.717) is 5.56 Å². The molecule has 3 aromatic rings. The smallest absolute Gasteiger partial charge is 0.252 e. The van der Waals surface area contributed by atoms with Crippen molar-refractivity contribution in [2.75, 3.05) is 4.72 Å². The fourth-order valence-corrected chi connectivity index (χ4v) is 4.32. The van der Waals surface area contributed by atoms with Crippen LogP contribution < -0.4 is 4.72 Å². The molecule has 0 saturated carbocycles. The van der Waals surface area contributed by atoms with Gasteiger partial charge in [0.1, 0.15) is 5.82 Å². The maximum atomic E-state index is 12.6. The van der Waals surface area contributed by atoms with Gasteiger partial charge in [0, 0.05) is 33.1 Å². The Bertz CT molecular complexity index is 1030. The third-order valence-electron chi connectivity index (χ3n) is 3.46. The summed E-state index contributed by atoms with van der Waals surface area (Å²) < 4.78 is 29.0. The number of rotatable bonds is 5. The summed E-state index contributed by atoms with van der Waals surface area (Å²) in [4.78, 5) is 8.58. The summed E-state index contributed by atoms with van der Waals surface area (Å²) in [5.41, 5.74) is 1.83. The van der Waals surface area contributed by atoms with Gasteiger partial charge in [0.25, 0.3) is 5.95 Å². The SMILES string of the molecule is Cc1cc(C)nc(-n2nccc2NS(=O)(=O)Cc2c(Cl)cccc2Cl)n1. The number of nitrogens with zero attached hydrogens (tertiary/aromatic N) is 4. The van der Waals surface area contributed by atoms with E-state index in [2.05, 4.69) is 19.8 Å². The molecule has 0 amide bonds. The molecule has 3 rings (SSSR count). The average Bonchev–Trinajstić information content (AvgIpc) is 2.97. The van der Waals surface area contributed by atoms with Crippen LogP contribution in [0.25, 0.3) is 5.95 Å². The number of aromatic nitrogens is 4. The zero-order valence-electron chi connectivity index (χ0n) is 13.9. The number of anilines is 1. The Morgan fingerprint density at radius 1 is 1.08 bits per heavy atom. The Hall–Kier alpha value is -2.16. The molecule has 0 aliphatic heterocycles. The van der Waals surface area contributed by atoms with Crippen LogP contribution in [0.3, 0.4) is 0 Å². The molecule has 1 aromatic carbocycles. The summed E-state index contributed by atoms with van der Waals surface area (Å²) >= 11 is 12.1. The molecule has 1 N–H and O–H groups in total. The summed E-state index contributed by atoms with van der Waals surface area (Å²) in [6, 6.07) is 8.17. The molecule has 0 bridgehead atoms. The maximum Gasteiger partial charge on any atom is 0.252 e. The number of nitrogens with one attached hydrogen (secondary N) is 1. The topological polar surface area (TPSA) is 89.8 Å². The maximum absolute atomic E-state index is 12.6. The van der Waals surface area contributed by atoms with Crippen LogP contribution in [-0.4, -0.2) is 28.2 Å². The van der Waals surface area contributed by atoms with E-state index in [-0.39, 0.29) is 27.6 Å². The van der Waals surface area contributed by atoms with Crippen molar-refractivity contribution in [3.8, 4) is 5.95 Å². The van der Waals surface area contributed by atoms with Crippen LogP contribution >= 0.6 is 23.2 Å². The molecular weight excluding hydrogens is 397 g/mol. The molecule has 2 aromatic heterocycles. The molecule has 0 spiro atoms. The van der Waals surface area contributed by atoms with Crippen molar-refractivity contribution in [3.63, 3.8) is 0 Å². The second-order valence-electron chi connectivity index (χ2n) is 5.64. The minimum atomic E-state index is -3.79. The molecule has 2 heterocycles. The number of halogens is 2. The van der Waals surface area contributed by atoms with Crippen molar-refractivity contribution in [2.45, 2.75) is 19.6 Å². The second-order valence-corrected chi connectivity index (χ2v) is 8.18. The second kappa shape index (κ2) is 7.22. The predicted octanol–water partition coefficient (Wildman–Crippen LogP) is 3.53. The molecule has 26 heavy (non-hydrogen) atoms. The quantitative estimate of drug-likeness (QED) is 0.693. The molecular formula is C16H15Cl2N5O2S. The highest BCUT2D eigenvalue weighted by atomic mass is 35.5. The summed E-state index contributed by atoms with van der Waals surface area (Å²) in [5, 5.41) is 4.68. The summed E-state index contributed by atoms with van der Waals surface area (Å²) in [6.07, 6.45) is 1.46. The van der Waals surface area contributed by atoms with Crippen molar-refractivity contribution >= 4 is 39.0 Å². The van der Waals surface area contributed by atoms with Gasteiger partial charge in [-0.2, -0.15) is 9.78 Å². The molecule has 136 valence electrons. The number of hydrogen-bond acceptors (Lipinski definition) is 5. The first kappa shape index (κ1) is 18.6. The highest BCUT2D eigenvalue weighted by Gasteiger charge is 2.19. The monoisotopic (exact) mass is 411 g/mol. The van der Waals surface area contributed by atoms with Gasteiger partial charge in [-0.05, 0) is 32.0 Å². The summed E-state index contributed by atoms with van der Waals surface area (Å²) in [6.45, 7) is 3.65. The van der Waals surface area contributed by atoms with E-state index in [1.54, 1.807) is 18.2 Å². The Kier molecular flexibility index (Phi) is 5.17. The van der Waals surface area contributed by atoms with Crippen LogP contribution in [-0.2, 0) is 15.8 Å². The first-order valence-corrected chi connectivity index (χ1v) is 9.96. The normalized spacial score (nSPS) is 11.5. The molecule has 10 heteroatoms. The Balaban J connectivity index is 1.91. The van der Waals surface area contributed by atoms with Crippen molar-refractivity contribution < 1.29 is 8.42 Å². The third kappa shape index (κ3) is 4.14. The number of aryl methyl sites for hydroxylation is 2. The lowest BCUT2D eigenvalue weighted by molar-refractivity contribution is 0.600. The van der Waals surface area contributed by atoms with Crippen LogP contribution in [0.1, 0.15) is 17.0 Å². The van der Waals surface area contributed by atoms with E-state index >= 15 is 0 Å². The minimum absolute atomic E-state index is 0.221. The van der Waals surface area contributed by atoms with Crippen LogP contribution in [0.5, 0.6) is 0 Å². The van der Waals surface area contributed by atoms with Crippen molar-refractivity contribution in [1.82, 2.24) is 19.7 Å². The lowest BCUT2D eigenvalue weighted by Crippen LogP contribution is -2.19. The summed E-state index contributed by atoms with van der Waals surface area (Å²) in [5.74, 6) is 0.129. The van der Waals surface area contributed by atoms with Gasteiger partial charge in [-0.25, -0.2) is 18.4 Å². The third-order valence-corrected chi connectivity index (χ3v) is 5.36. The van der Waals surface area contributed by atoms with E-state index in [4.69, 9.17) is 23.2 Å². The zero-order chi connectivity index (χ0) is 18.9.